The van der Waals surface area contributed by atoms with Gasteiger partial charge >= 0.3 is 0 Å². The van der Waals surface area contributed by atoms with E-state index in [0.29, 0.717) is 38.4 Å². The van der Waals surface area contributed by atoms with Gasteiger partial charge in [-0.2, -0.15) is 0 Å². The molecule has 0 radical (unpaired) electrons. The Morgan fingerprint density at radius 3 is 2.53 bits per heavy atom. The lowest BCUT2D eigenvalue weighted by molar-refractivity contribution is 0.102. The summed E-state index contributed by atoms with van der Waals surface area (Å²) in [6.45, 7) is 0. The number of hydrogen-bond acceptors (Lipinski definition) is 7. The van der Waals surface area contributed by atoms with E-state index in [4.69, 9.17) is 21.0 Å². The fourth-order valence-corrected chi connectivity index (χ4v) is 5.90. The molecule has 186 valence electrons. The van der Waals surface area contributed by atoms with Crippen molar-refractivity contribution in [3.8, 4) is 22.8 Å². The molecule has 1 amide bonds. The number of halogens is 1. The number of furan rings is 1. The number of para-hydroxylation sites is 1. The SMILES string of the molecule is O=C(Nc1nnc(SCc2ccccc2)s1)c1cc(-c2ccc(-c3ccccc3Cl)o2)nc2ccccc12. The predicted molar refractivity (Wildman–Crippen MR) is 154 cm³/mol. The van der Waals surface area contributed by atoms with Gasteiger partial charge < -0.3 is 4.42 Å². The van der Waals surface area contributed by atoms with Crippen LogP contribution in [0.1, 0.15) is 15.9 Å². The van der Waals surface area contributed by atoms with Crippen molar-refractivity contribution in [3.05, 3.63) is 113 Å². The Kier molecular flexibility index (Phi) is 6.92. The summed E-state index contributed by atoms with van der Waals surface area (Å²) in [5, 5.41) is 13.1. The lowest BCUT2D eigenvalue weighted by Crippen LogP contribution is -2.13. The highest BCUT2D eigenvalue weighted by atomic mass is 35.5. The molecule has 6 aromatic rings. The van der Waals surface area contributed by atoms with Crippen molar-refractivity contribution < 1.29 is 9.21 Å². The van der Waals surface area contributed by atoms with Crippen LogP contribution in [0.5, 0.6) is 0 Å². The minimum absolute atomic E-state index is 0.293. The number of rotatable bonds is 7. The van der Waals surface area contributed by atoms with Gasteiger partial charge in [-0.3, -0.25) is 10.1 Å². The highest BCUT2D eigenvalue weighted by Crippen LogP contribution is 2.34. The van der Waals surface area contributed by atoms with Gasteiger partial charge in [0.25, 0.3) is 5.91 Å². The number of carbonyl (C=O) groups is 1. The Bertz CT molecular complexity index is 1750. The molecule has 38 heavy (non-hydrogen) atoms. The second-order valence-electron chi connectivity index (χ2n) is 8.32. The fraction of sp³-hybridized carbons (Fsp3) is 0.0345. The second kappa shape index (κ2) is 10.8. The first-order valence-electron chi connectivity index (χ1n) is 11.7. The van der Waals surface area contributed by atoms with E-state index in [1.54, 1.807) is 17.8 Å². The molecule has 0 spiro atoms. The topological polar surface area (TPSA) is 80.9 Å². The lowest BCUT2D eigenvalue weighted by atomic mass is 10.1. The van der Waals surface area contributed by atoms with E-state index in [2.05, 4.69) is 27.6 Å². The smallest absolute Gasteiger partial charge is 0.258 e. The van der Waals surface area contributed by atoms with Crippen LogP contribution in [-0.4, -0.2) is 21.1 Å². The normalized spacial score (nSPS) is 11.1. The molecule has 0 unspecified atom stereocenters. The molecule has 0 saturated carbocycles. The highest BCUT2D eigenvalue weighted by Gasteiger charge is 2.18. The monoisotopic (exact) mass is 554 g/mol. The van der Waals surface area contributed by atoms with Crippen LogP contribution in [0, 0.1) is 0 Å². The van der Waals surface area contributed by atoms with E-state index in [9.17, 15) is 4.79 Å². The summed E-state index contributed by atoms with van der Waals surface area (Å²) in [4.78, 5) is 18.2. The van der Waals surface area contributed by atoms with Crippen LogP contribution >= 0.6 is 34.7 Å². The molecular formula is C29H19ClN4O2S2. The molecule has 6 nitrogen and oxygen atoms in total. The summed E-state index contributed by atoms with van der Waals surface area (Å²) in [6.07, 6.45) is 0. The third-order valence-electron chi connectivity index (χ3n) is 5.79. The van der Waals surface area contributed by atoms with Crippen molar-refractivity contribution in [1.29, 1.82) is 0 Å². The Hall–Kier alpha value is -3.98. The predicted octanol–water partition coefficient (Wildman–Crippen LogP) is 8.21. The summed E-state index contributed by atoms with van der Waals surface area (Å²) in [5.41, 5.74) is 3.68. The van der Waals surface area contributed by atoms with Gasteiger partial charge in [0.15, 0.2) is 10.1 Å². The summed E-state index contributed by atoms with van der Waals surface area (Å²) in [6, 6.07) is 30.6. The zero-order chi connectivity index (χ0) is 25.9. The van der Waals surface area contributed by atoms with Crippen LogP contribution in [0.3, 0.4) is 0 Å². The van der Waals surface area contributed by atoms with Crippen LogP contribution in [0.15, 0.2) is 106 Å². The van der Waals surface area contributed by atoms with Crippen molar-refractivity contribution in [3.63, 3.8) is 0 Å². The molecule has 0 atom stereocenters. The van der Waals surface area contributed by atoms with Gasteiger partial charge in [0.2, 0.25) is 5.13 Å². The average Bonchev–Trinajstić information content (AvgIpc) is 3.62. The molecular weight excluding hydrogens is 536 g/mol. The first-order valence-corrected chi connectivity index (χ1v) is 13.9. The maximum absolute atomic E-state index is 13.4. The molecule has 3 aromatic carbocycles. The van der Waals surface area contributed by atoms with Crippen LogP contribution < -0.4 is 5.32 Å². The summed E-state index contributed by atoms with van der Waals surface area (Å²) < 4.78 is 6.89. The van der Waals surface area contributed by atoms with Crippen molar-refractivity contribution in [2.24, 2.45) is 0 Å². The number of benzene rings is 3. The molecule has 0 aliphatic heterocycles. The molecule has 6 rings (SSSR count). The highest BCUT2D eigenvalue weighted by molar-refractivity contribution is 8.00. The van der Waals surface area contributed by atoms with Crippen LogP contribution in [0.4, 0.5) is 5.13 Å². The van der Waals surface area contributed by atoms with Gasteiger partial charge in [-0.1, -0.05) is 95.4 Å². The Balaban J connectivity index is 1.27. The van der Waals surface area contributed by atoms with Crippen molar-refractivity contribution >= 4 is 56.6 Å². The molecule has 3 heterocycles. The van der Waals surface area contributed by atoms with E-state index in [1.807, 2.05) is 78.9 Å². The van der Waals surface area contributed by atoms with Crippen molar-refractivity contribution in [1.82, 2.24) is 15.2 Å². The molecule has 0 aliphatic rings. The molecule has 3 aromatic heterocycles. The molecule has 0 fully saturated rings. The Morgan fingerprint density at radius 2 is 1.66 bits per heavy atom. The number of aromatic nitrogens is 3. The standard InChI is InChI=1S/C29H19ClN4O2S2/c30-22-12-6-4-11-20(22)25-14-15-26(36-25)24-16-21(19-10-5-7-13-23(19)31-24)27(35)32-28-33-34-29(38-28)37-17-18-8-2-1-3-9-18/h1-16H,17H2,(H,32,33,35). The van der Waals surface area contributed by atoms with E-state index in [0.717, 1.165) is 21.0 Å². The maximum atomic E-state index is 13.4. The molecule has 9 heteroatoms. The number of amides is 1. The van der Waals surface area contributed by atoms with Crippen molar-refractivity contribution in [2.75, 3.05) is 5.32 Å². The quantitative estimate of drug-likeness (QED) is 0.158. The van der Waals surface area contributed by atoms with E-state index >= 15 is 0 Å². The molecule has 1 N–H and O–H groups in total. The Labute approximate surface area is 231 Å². The third-order valence-corrected chi connectivity index (χ3v) is 8.16. The van der Waals surface area contributed by atoms with E-state index < -0.39 is 0 Å². The first-order chi connectivity index (χ1) is 18.6. The first kappa shape index (κ1) is 24.4. The number of nitrogens with one attached hydrogen (secondary N) is 1. The largest absolute Gasteiger partial charge is 0.454 e. The van der Waals surface area contributed by atoms with Crippen LogP contribution in [0.2, 0.25) is 5.02 Å². The van der Waals surface area contributed by atoms with Gasteiger partial charge in [0, 0.05) is 16.7 Å². The van der Waals surface area contributed by atoms with Gasteiger partial charge in [-0.25, -0.2) is 4.98 Å². The van der Waals surface area contributed by atoms with Gasteiger partial charge in [0.05, 0.1) is 16.1 Å². The number of fused-ring (bicyclic) bond motifs is 1. The summed E-state index contributed by atoms with van der Waals surface area (Å²) in [5.74, 6) is 1.65. The van der Waals surface area contributed by atoms with Gasteiger partial charge in [-0.05, 0) is 42.0 Å². The van der Waals surface area contributed by atoms with Crippen molar-refractivity contribution in [2.45, 2.75) is 10.1 Å². The lowest BCUT2D eigenvalue weighted by Gasteiger charge is -2.08. The van der Waals surface area contributed by atoms with E-state index in [-0.39, 0.29) is 5.91 Å². The number of thioether (sulfide) groups is 1. The Morgan fingerprint density at radius 1 is 0.895 bits per heavy atom. The minimum atomic E-state index is -0.293. The van der Waals surface area contributed by atoms with Gasteiger partial charge in [-0.15, -0.1) is 10.2 Å². The average molecular weight is 555 g/mol. The fourth-order valence-electron chi connectivity index (χ4n) is 3.97. The minimum Gasteiger partial charge on any atom is -0.454 e. The van der Waals surface area contributed by atoms with Crippen LogP contribution in [0.25, 0.3) is 33.7 Å². The number of nitrogens with zero attached hydrogens (tertiary/aromatic N) is 3. The van der Waals surface area contributed by atoms with Gasteiger partial charge in [0.1, 0.15) is 11.5 Å². The number of pyridine rings is 1. The maximum Gasteiger partial charge on any atom is 0.258 e. The van der Waals surface area contributed by atoms with E-state index in [1.165, 1.54) is 16.9 Å². The second-order valence-corrected chi connectivity index (χ2v) is 10.9. The number of anilines is 1. The zero-order valence-corrected chi connectivity index (χ0v) is 22.2. The molecule has 0 saturated heterocycles. The third kappa shape index (κ3) is 5.19. The van der Waals surface area contributed by atoms with Crippen LogP contribution in [-0.2, 0) is 5.75 Å². The summed E-state index contributed by atoms with van der Waals surface area (Å²) in [7, 11) is 0. The summed E-state index contributed by atoms with van der Waals surface area (Å²) >= 11 is 9.28. The molecule has 0 aliphatic carbocycles. The number of carbonyl (C=O) groups excluding carboxylic acids is 1. The zero-order valence-electron chi connectivity index (χ0n) is 19.8. The number of hydrogen-bond donors (Lipinski definition) is 1. The molecule has 0 bridgehead atoms.